The van der Waals surface area contributed by atoms with E-state index in [1.165, 1.54) is 6.33 Å². The molecule has 1 heterocycles. The van der Waals surface area contributed by atoms with E-state index in [4.69, 9.17) is 16.3 Å². The number of rotatable bonds is 5. The predicted octanol–water partition coefficient (Wildman–Crippen LogP) is 2.03. The number of aryl methyl sites for hydroxylation is 1. The van der Waals surface area contributed by atoms with Crippen LogP contribution in [0.25, 0.3) is 0 Å². The second-order valence-electron chi connectivity index (χ2n) is 4.09. The van der Waals surface area contributed by atoms with Crippen LogP contribution in [0, 0.1) is 6.92 Å². The summed E-state index contributed by atoms with van der Waals surface area (Å²) in [6.07, 6.45) is 3.20. The fourth-order valence-electron chi connectivity index (χ4n) is 1.69. The lowest BCUT2D eigenvalue weighted by molar-refractivity contribution is -0.143. The Kier molecular flexibility index (Phi) is 4.52. The molecule has 0 unspecified atom stereocenters. The van der Waals surface area contributed by atoms with Crippen molar-refractivity contribution in [2.24, 2.45) is 0 Å². The monoisotopic (exact) mass is 279 g/mol. The van der Waals surface area contributed by atoms with E-state index in [0.29, 0.717) is 11.6 Å². The van der Waals surface area contributed by atoms with Crippen LogP contribution in [0.4, 0.5) is 0 Å². The third kappa shape index (κ3) is 3.79. The Morgan fingerprint density at radius 2 is 2.32 bits per heavy atom. The molecule has 5 nitrogen and oxygen atoms in total. The number of hydrogen-bond donors (Lipinski definition) is 0. The average Bonchev–Trinajstić information content (AvgIpc) is 2.87. The maximum absolute atomic E-state index is 11.7. The minimum Gasteiger partial charge on any atom is -0.463 e. The lowest BCUT2D eigenvalue weighted by Gasteiger charge is -2.08. The molecule has 0 aliphatic carbocycles. The molecular weight excluding hydrogens is 266 g/mol. The fraction of sp³-hybridized carbons (Fsp3) is 0.308. The Hall–Kier alpha value is -1.88. The molecule has 100 valence electrons. The van der Waals surface area contributed by atoms with E-state index >= 15 is 0 Å². The van der Waals surface area contributed by atoms with Crippen LogP contribution in [0.5, 0.6) is 0 Å². The van der Waals surface area contributed by atoms with Gasteiger partial charge in [0.1, 0.15) is 19.3 Å². The van der Waals surface area contributed by atoms with Crippen LogP contribution < -0.4 is 0 Å². The SMILES string of the molecule is Cc1cccc(Cl)c1CC(=O)OCCn1cncn1. The van der Waals surface area contributed by atoms with Crippen LogP contribution >= 0.6 is 11.6 Å². The summed E-state index contributed by atoms with van der Waals surface area (Å²) < 4.78 is 6.75. The van der Waals surface area contributed by atoms with E-state index in [1.54, 1.807) is 17.1 Å². The second-order valence-corrected chi connectivity index (χ2v) is 4.50. The molecule has 6 heteroatoms. The molecule has 0 amide bonds. The largest absolute Gasteiger partial charge is 0.463 e. The molecule has 0 aliphatic heterocycles. The quantitative estimate of drug-likeness (QED) is 0.786. The lowest BCUT2D eigenvalue weighted by atomic mass is 10.1. The van der Waals surface area contributed by atoms with E-state index in [2.05, 4.69) is 10.1 Å². The normalized spacial score (nSPS) is 10.4. The van der Waals surface area contributed by atoms with E-state index in [1.807, 2.05) is 19.1 Å². The Balaban J connectivity index is 1.84. The van der Waals surface area contributed by atoms with Gasteiger partial charge in [0.25, 0.3) is 0 Å². The van der Waals surface area contributed by atoms with Crippen LogP contribution in [0.15, 0.2) is 30.9 Å². The molecule has 1 aromatic carbocycles. The standard InChI is InChI=1S/C13H14ClN3O2/c1-10-3-2-4-12(14)11(10)7-13(18)19-6-5-17-9-15-8-16-17/h2-4,8-9H,5-7H2,1H3. The van der Waals surface area contributed by atoms with Crippen LogP contribution in [0.2, 0.25) is 5.02 Å². The van der Waals surface area contributed by atoms with Gasteiger partial charge in [0.15, 0.2) is 0 Å². The average molecular weight is 280 g/mol. The predicted molar refractivity (Wildman–Crippen MR) is 70.9 cm³/mol. The highest BCUT2D eigenvalue weighted by molar-refractivity contribution is 6.31. The summed E-state index contributed by atoms with van der Waals surface area (Å²) in [4.78, 5) is 15.5. The first-order chi connectivity index (χ1) is 9.16. The first kappa shape index (κ1) is 13.5. The number of hydrogen-bond acceptors (Lipinski definition) is 4. The molecule has 0 bridgehead atoms. The number of benzene rings is 1. The zero-order valence-electron chi connectivity index (χ0n) is 10.5. The highest BCUT2D eigenvalue weighted by atomic mass is 35.5. The van der Waals surface area contributed by atoms with Crippen molar-refractivity contribution in [3.05, 3.63) is 47.0 Å². The lowest BCUT2D eigenvalue weighted by Crippen LogP contribution is -2.14. The summed E-state index contributed by atoms with van der Waals surface area (Å²) >= 11 is 6.06. The van der Waals surface area contributed by atoms with Gasteiger partial charge in [-0.05, 0) is 24.1 Å². The van der Waals surface area contributed by atoms with Gasteiger partial charge < -0.3 is 4.74 Å². The van der Waals surface area contributed by atoms with Crippen molar-refractivity contribution in [3.8, 4) is 0 Å². The Morgan fingerprint density at radius 1 is 1.47 bits per heavy atom. The minimum absolute atomic E-state index is 0.183. The van der Waals surface area contributed by atoms with Gasteiger partial charge in [-0.3, -0.25) is 4.79 Å². The molecule has 2 aromatic rings. The molecular formula is C13H14ClN3O2. The van der Waals surface area contributed by atoms with Crippen LogP contribution in [0.1, 0.15) is 11.1 Å². The van der Waals surface area contributed by atoms with Gasteiger partial charge in [-0.2, -0.15) is 5.10 Å². The maximum atomic E-state index is 11.7. The van der Waals surface area contributed by atoms with Crippen molar-refractivity contribution in [3.63, 3.8) is 0 Å². The minimum atomic E-state index is -0.295. The molecule has 0 aliphatic rings. The smallest absolute Gasteiger partial charge is 0.310 e. The van der Waals surface area contributed by atoms with Gasteiger partial charge in [-0.25, -0.2) is 9.67 Å². The summed E-state index contributed by atoms with van der Waals surface area (Å²) in [5.74, 6) is -0.295. The Morgan fingerprint density at radius 3 is 3.00 bits per heavy atom. The first-order valence-corrected chi connectivity index (χ1v) is 6.26. The highest BCUT2D eigenvalue weighted by Crippen LogP contribution is 2.20. The van der Waals surface area contributed by atoms with E-state index in [-0.39, 0.29) is 19.0 Å². The van der Waals surface area contributed by atoms with E-state index in [9.17, 15) is 4.79 Å². The van der Waals surface area contributed by atoms with Gasteiger partial charge >= 0.3 is 5.97 Å². The fourth-order valence-corrected chi connectivity index (χ4v) is 1.98. The molecule has 0 fully saturated rings. The van der Waals surface area contributed by atoms with Crippen LogP contribution in [-0.2, 0) is 22.5 Å². The number of esters is 1. The van der Waals surface area contributed by atoms with Crippen molar-refractivity contribution in [2.75, 3.05) is 6.61 Å². The molecule has 2 rings (SSSR count). The molecule has 0 N–H and O–H groups in total. The van der Waals surface area contributed by atoms with Crippen molar-refractivity contribution in [2.45, 2.75) is 19.9 Å². The third-order valence-corrected chi connectivity index (χ3v) is 3.08. The zero-order valence-corrected chi connectivity index (χ0v) is 11.3. The number of carbonyl (C=O) groups excluding carboxylic acids is 1. The number of nitrogens with zero attached hydrogens (tertiary/aromatic N) is 3. The second kappa shape index (κ2) is 6.33. The van der Waals surface area contributed by atoms with Crippen molar-refractivity contribution in [1.82, 2.24) is 14.8 Å². The number of carbonyl (C=O) groups is 1. The summed E-state index contributed by atoms with van der Waals surface area (Å²) in [6, 6.07) is 5.55. The van der Waals surface area contributed by atoms with Gasteiger partial charge in [0.2, 0.25) is 0 Å². The van der Waals surface area contributed by atoms with Crippen LogP contribution in [0.3, 0.4) is 0 Å². The maximum Gasteiger partial charge on any atom is 0.310 e. The molecule has 1 aromatic heterocycles. The highest BCUT2D eigenvalue weighted by Gasteiger charge is 2.10. The molecule has 19 heavy (non-hydrogen) atoms. The first-order valence-electron chi connectivity index (χ1n) is 5.89. The van der Waals surface area contributed by atoms with Gasteiger partial charge in [0, 0.05) is 5.02 Å². The molecule has 0 saturated carbocycles. The summed E-state index contributed by atoms with van der Waals surface area (Å²) in [5.41, 5.74) is 1.80. The van der Waals surface area contributed by atoms with Crippen molar-refractivity contribution < 1.29 is 9.53 Å². The molecule has 0 atom stereocenters. The van der Waals surface area contributed by atoms with Gasteiger partial charge in [-0.15, -0.1) is 0 Å². The van der Waals surface area contributed by atoms with Crippen LogP contribution in [-0.4, -0.2) is 27.3 Å². The van der Waals surface area contributed by atoms with E-state index in [0.717, 1.165) is 11.1 Å². The van der Waals surface area contributed by atoms with Gasteiger partial charge in [0.05, 0.1) is 13.0 Å². The number of halogens is 1. The van der Waals surface area contributed by atoms with E-state index < -0.39 is 0 Å². The van der Waals surface area contributed by atoms with Gasteiger partial charge in [-0.1, -0.05) is 23.7 Å². The zero-order chi connectivity index (χ0) is 13.7. The summed E-state index contributed by atoms with van der Waals surface area (Å²) in [7, 11) is 0. The summed E-state index contributed by atoms with van der Waals surface area (Å²) in [5, 5.41) is 4.51. The topological polar surface area (TPSA) is 57.0 Å². The molecule has 0 radical (unpaired) electrons. The summed E-state index contributed by atoms with van der Waals surface area (Å²) in [6.45, 7) is 2.68. The Bertz CT molecular complexity index is 535. The third-order valence-electron chi connectivity index (χ3n) is 2.72. The number of ether oxygens (including phenoxy) is 1. The van der Waals surface area contributed by atoms with Crippen molar-refractivity contribution >= 4 is 17.6 Å². The molecule has 0 saturated heterocycles. The number of aromatic nitrogens is 3. The van der Waals surface area contributed by atoms with Crippen molar-refractivity contribution in [1.29, 1.82) is 0 Å². The Labute approximate surface area is 116 Å². The molecule has 0 spiro atoms.